The average Bonchev–Trinajstić information content (AvgIpc) is 2.52. The molecular weight excluding hydrogens is 246 g/mol. The first-order valence-corrected chi connectivity index (χ1v) is 6.90. The van der Waals surface area contributed by atoms with Crippen LogP contribution >= 0.6 is 0 Å². The molecule has 0 amide bonds. The minimum absolute atomic E-state index is 0.316. The van der Waals surface area contributed by atoms with Gasteiger partial charge in [-0.2, -0.15) is 0 Å². The second-order valence-electron chi connectivity index (χ2n) is 4.76. The molecule has 0 saturated heterocycles. The van der Waals surface area contributed by atoms with Crippen LogP contribution in [0, 0.1) is 0 Å². The summed E-state index contributed by atoms with van der Waals surface area (Å²) in [5.41, 5.74) is 2.43. The van der Waals surface area contributed by atoms with Crippen molar-refractivity contribution in [2.75, 3.05) is 6.54 Å². The third kappa shape index (κ3) is 4.25. The summed E-state index contributed by atoms with van der Waals surface area (Å²) in [5, 5.41) is 3.37. The lowest BCUT2D eigenvalue weighted by Crippen LogP contribution is -2.18. The number of ether oxygens (including phenoxy) is 1. The fourth-order valence-corrected chi connectivity index (χ4v) is 1.97. The molecule has 0 bridgehead atoms. The lowest BCUT2D eigenvalue weighted by Gasteiger charge is -2.13. The Balaban J connectivity index is 1.89. The number of nitrogens with one attached hydrogen (secondary N) is 1. The van der Waals surface area contributed by atoms with Gasteiger partial charge in [0, 0.05) is 12.6 Å². The zero-order valence-corrected chi connectivity index (χ0v) is 11.9. The summed E-state index contributed by atoms with van der Waals surface area (Å²) >= 11 is 0. The van der Waals surface area contributed by atoms with Gasteiger partial charge in [0.1, 0.15) is 12.4 Å². The van der Waals surface area contributed by atoms with Crippen LogP contribution in [-0.4, -0.2) is 6.54 Å². The zero-order chi connectivity index (χ0) is 14.2. The van der Waals surface area contributed by atoms with E-state index in [1.165, 1.54) is 11.1 Å². The Kier molecular flexibility index (Phi) is 5.39. The molecule has 2 heteroatoms. The molecule has 0 fully saturated rings. The van der Waals surface area contributed by atoms with Crippen LogP contribution in [0.3, 0.4) is 0 Å². The maximum atomic E-state index is 5.77. The van der Waals surface area contributed by atoms with E-state index in [-0.39, 0.29) is 0 Å². The summed E-state index contributed by atoms with van der Waals surface area (Å²) in [4.78, 5) is 0. The quantitative estimate of drug-likeness (QED) is 0.762. The van der Waals surface area contributed by atoms with Crippen LogP contribution < -0.4 is 10.1 Å². The molecule has 1 N–H and O–H groups in total. The zero-order valence-electron chi connectivity index (χ0n) is 11.9. The van der Waals surface area contributed by atoms with E-state index in [1.807, 2.05) is 36.4 Å². The predicted octanol–water partition coefficient (Wildman–Crippen LogP) is 4.10. The minimum atomic E-state index is 0.316. The van der Waals surface area contributed by atoms with Crippen LogP contribution in [-0.2, 0) is 6.61 Å². The first-order valence-electron chi connectivity index (χ1n) is 6.90. The Hall–Kier alpha value is -2.06. The van der Waals surface area contributed by atoms with Gasteiger partial charge in [-0.1, -0.05) is 48.5 Å². The van der Waals surface area contributed by atoms with Crippen LogP contribution in [0.5, 0.6) is 5.75 Å². The monoisotopic (exact) mass is 267 g/mol. The topological polar surface area (TPSA) is 21.3 Å². The number of rotatable bonds is 7. The lowest BCUT2D eigenvalue weighted by atomic mass is 10.1. The van der Waals surface area contributed by atoms with Crippen molar-refractivity contribution in [3.63, 3.8) is 0 Å². The van der Waals surface area contributed by atoms with Gasteiger partial charge in [0.2, 0.25) is 0 Å². The summed E-state index contributed by atoms with van der Waals surface area (Å²) in [6.45, 7) is 7.27. The van der Waals surface area contributed by atoms with Crippen molar-refractivity contribution >= 4 is 0 Å². The minimum Gasteiger partial charge on any atom is -0.489 e. The van der Waals surface area contributed by atoms with E-state index >= 15 is 0 Å². The van der Waals surface area contributed by atoms with Crippen LogP contribution in [0.15, 0.2) is 67.3 Å². The fraction of sp³-hybridized carbons (Fsp3) is 0.222. The maximum absolute atomic E-state index is 5.77. The standard InChI is InChI=1S/C18H21NO/c1-3-13-19-15(2)17-9-11-18(12-10-17)20-14-16-7-5-4-6-8-16/h3-12,15,19H,1,13-14H2,2H3. The van der Waals surface area contributed by atoms with Crippen LogP contribution in [0.2, 0.25) is 0 Å². The number of hydrogen-bond acceptors (Lipinski definition) is 2. The van der Waals surface area contributed by atoms with E-state index in [1.54, 1.807) is 0 Å². The summed E-state index contributed by atoms with van der Waals surface area (Å²) in [7, 11) is 0. The summed E-state index contributed by atoms with van der Waals surface area (Å²) in [6.07, 6.45) is 1.87. The molecular formula is C18H21NO. The Bertz CT molecular complexity index is 519. The van der Waals surface area contributed by atoms with Crippen molar-refractivity contribution in [1.29, 1.82) is 0 Å². The van der Waals surface area contributed by atoms with Crippen molar-refractivity contribution in [3.05, 3.63) is 78.4 Å². The van der Waals surface area contributed by atoms with Crippen LogP contribution in [0.4, 0.5) is 0 Å². The van der Waals surface area contributed by atoms with Crippen molar-refractivity contribution in [3.8, 4) is 5.75 Å². The molecule has 0 aromatic heterocycles. The number of hydrogen-bond donors (Lipinski definition) is 1. The van der Waals surface area contributed by atoms with Gasteiger partial charge < -0.3 is 10.1 Å². The number of benzene rings is 2. The van der Waals surface area contributed by atoms with E-state index in [2.05, 4.69) is 43.1 Å². The smallest absolute Gasteiger partial charge is 0.119 e. The Morgan fingerprint density at radius 3 is 2.45 bits per heavy atom. The first kappa shape index (κ1) is 14.4. The highest BCUT2D eigenvalue weighted by Crippen LogP contribution is 2.18. The molecule has 0 heterocycles. The summed E-state index contributed by atoms with van der Waals surface area (Å²) in [5.74, 6) is 0.897. The van der Waals surface area contributed by atoms with E-state index in [0.717, 1.165) is 12.3 Å². The third-order valence-corrected chi connectivity index (χ3v) is 3.20. The molecule has 2 aromatic carbocycles. The van der Waals surface area contributed by atoms with Crippen molar-refractivity contribution in [1.82, 2.24) is 5.32 Å². The van der Waals surface area contributed by atoms with Crippen molar-refractivity contribution in [2.24, 2.45) is 0 Å². The third-order valence-electron chi connectivity index (χ3n) is 3.20. The van der Waals surface area contributed by atoms with Gasteiger partial charge in [0.15, 0.2) is 0 Å². The predicted molar refractivity (Wildman–Crippen MR) is 83.8 cm³/mol. The van der Waals surface area contributed by atoms with E-state index < -0.39 is 0 Å². The highest BCUT2D eigenvalue weighted by atomic mass is 16.5. The van der Waals surface area contributed by atoms with Gasteiger partial charge in [-0.25, -0.2) is 0 Å². The van der Waals surface area contributed by atoms with E-state index in [9.17, 15) is 0 Å². The van der Waals surface area contributed by atoms with E-state index in [4.69, 9.17) is 4.74 Å². The molecule has 0 aliphatic heterocycles. The fourth-order valence-electron chi connectivity index (χ4n) is 1.97. The molecule has 0 aliphatic carbocycles. The molecule has 2 rings (SSSR count). The lowest BCUT2D eigenvalue weighted by molar-refractivity contribution is 0.306. The molecule has 0 spiro atoms. The highest BCUT2D eigenvalue weighted by Gasteiger charge is 2.03. The van der Waals surface area contributed by atoms with Gasteiger partial charge in [-0.05, 0) is 30.2 Å². The van der Waals surface area contributed by atoms with Gasteiger partial charge in [0.25, 0.3) is 0 Å². The van der Waals surface area contributed by atoms with Gasteiger partial charge in [-0.3, -0.25) is 0 Å². The molecule has 1 unspecified atom stereocenters. The van der Waals surface area contributed by atoms with Gasteiger partial charge >= 0.3 is 0 Å². The molecule has 1 atom stereocenters. The van der Waals surface area contributed by atoms with Crippen LogP contribution in [0.25, 0.3) is 0 Å². The largest absolute Gasteiger partial charge is 0.489 e. The first-order chi connectivity index (χ1) is 9.79. The second-order valence-corrected chi connectivity index (χ2v) is 4.76. The maximum Gasteiger partial charge on any atom is 0.119 e. The summed E-state index contributed by atoms with van der Waals surface area (Å²) in [6, 6.07) is 18.7. The summed E-state index contributed by atoms with van der Waals surface area (Å²) < 4.78 is 5.77. The van der Waals surface area contributed by atoms with Gasteiger partial charge in [-0.15, -0.1) is 6.58 Å². The SMILES string of the molecule is C=CCNC(C)c1ccc(OCc2ccccc2)cc1. The Morgan fingerprint density at radius 1 is 1.10 bits per heavy atom. The molecule has 0 radical (unpaired) electrons. The molecule has 2 aromatic rings. The molecule has 0 saturated carbocycles. The molecule has 104 valence electrons. The second kappa shape index (κ2) is 7.51. The Morgan fingerprint density at radius 2 is 1.80 bits per heavy atom. The van der Waals surface area contributed by atoms with E-state index in [0.29, 0.717) is 12.6 Å². The van der Waals surface area contributed by atoms with Crippen LogP contribution in [0.1, 0.15) is 24.1 Å². The highest BCUT2D eigenvalue weighted by molar-refractivity contribution is 5.29. The van der Waals surface area contributed by atoms with Crippen molar-refractivity contribution < 1.29 is 4.74 Å². The average molecular weight is 267 g/mol. The Labute approximate surface area is 121 Å². The van der Waals surface area contributed by atoms with Crippen molar-refractivity contribution in [2.45, 2.75) is 19.6 Å². The molecule has 20 heavy (non-hydrogen) atoms. The molecule has 0 aliphatic rings. The normalized spacial score (nSPS) is 11.8. The molecule has 2 nitrogen and oxygen atoms in total. The van der Waals surface area contributed by atoms with Gasteiger partial charge in [0.05, 0.1) is 0 Å².